The maximum absolute atomic E-state index is 12.6. The Labute approximate surface area is 143 Å². The van der Waals surface area contributed by atoms with Crippen LogP contribution in [-0.2, 0) is 14.3 Å². The number of benzene rings is 2. The maximum Gasteiger partial charge on any atom is 0.323 e. The molecule has 0 aliphatic rings. The van der Waals surface area contributed by atoms with E-state index in [1.807, 2.05) is 66.7 Å². The van der Waals surface area contributed by atoms with Crippen molar-refractivity contribution in [3.63, 3.8) is 0 Å². The zero-order valence-corrected chi connectivity index (χ0v) is 14.3. The number of hydrogen-bond acceptors (Lipinski definition) is 3. The standard InChI is InChI=1S/C21H22O3/c1-4-24-20(23)21(3,16(2)22)19(18-13-9-6-10-14-18)15-17-11-7-5-8-12-17/h5-15H,4H2,1-3H3/b19-15+. The van der Waals surface area contributed by atoms with Crippen molar-refractivity contribution in [2.45, 2.75) is 20.8 Å². The molecule has 0 fully saturated rings. The lowest BCUT2D eigenvalue weighted by Crippen LogP contribution is -2.37. The lowest BCUT2D eigenvalue weighted by Gasteiger charge is -2.28. The SMILES string of the molecule is CCOC(=O)C(C)(C(C)=O)/C(=C/c1ccccc1)c1ccccc1. The van der Waals surface area contributed by atoms with Crippen LogP contribution in [0.1, 0.15) is 31.9 Å². The third kappa shape index (κ3) is 3.62. The van der Waals surface area contributed by atoms with Crippen LogP contribution in [0.4, 0.5) is 0 Å². The van der Waals surface area contributed by atoms with Crippen LogP contribution in [0.2, 0.25) is 0 Å². The number of Topliss-reactive ketones (excluding diaryl/α,β-unsaturated/α-hetero) is 1. The summed E-state index contributed by atoms with van der Waals surface area (Å²) in [5.74, 6) is -0.768. The molecule has 0 saturated carbocycles. The summed E-state index contributed by atoms with van der Waals surface area (Å²) in [5, 5.41) is 0. The van der Waals surface area contributed by atoms with Crippen molar-refractivity contribution in [3.05, 3.63) is 71.8 Å². The quantitative estimate of drug-likeness (QED) is 0.450. The van der Waals surface area contributed by atoms with Crippen molar-refractivity contribution < 1.29 is 14.3 Å². The van der Waals surface area contributed by atoms with Gasteiger partial charge in [-0.25, -0.2) is 0 Å². The van der Waals surface area contributed by atoms with Crippen LogP contribution in [0, 0.1) is 5.41 Å². The molecule has 0 aliphatic carbocycles. The average molecular weight is 322 g/mol. The molecule has 0 heterocycles. The van der Waals surface area contributed by atoms with E-state index in [1.54, 1.807) is 13.8 Å². The Morgan fingerprint density at radius 2 is 1.54 bits per heavy atom. The molecule has 0 radical (unpaired) electrons. The normalized spacial score (nSPS) is 13.9. The molecule has 0 bridgehead atoms. The summed E-state index contributed by atoms with van der Waals surface area (Å²) >= 11 is 0. The molecule has 0 N–H and O–H groups in total. The smallest absolute Gasteiger partial charge is 0.323 e. The highest BCUT2D eigenvalue weighted by Crippen LogP contribution is 2.38. The van der Waals surface area contributed by atoms with Crippen molar-refractivity contribution >= 4 is 23.4 Å². The van der Waals surface area contributed by atoms with Gasteiger partial charge in [-0.1, -0.05) is 60.7 Å². The van der Waals surface area contributed by atoms with Crippen molar-refractivity contribution in [2.24, 2.45) is 5.41 Å². The van der Waals surface area contributed by atoms with Crippen LogP contribution in [0.3, 0.4) is 0 Å². The largest absolute Gasteiger partial charge is 0.465 e. The number of carbonyl (C=O) groups is 2. The fourth-order valence-electron chi connectivity index (χ4n) is 2.57. The second-order valence-corrected chi connectivity index (χ2v) is 5.74. The summed E-state index contributed by atoms with van der Waals surface area (Å²) in [6.07, 6.45) is 1.88. The Balaban J connectivity index is 2.66. The Bertz CT molecular complexity index is 732. The van der Waals surface area contributed by atoms with Gasteiger partial charge in [0.2, 0.25) is 0 Å². The second kappa shape index (κ2) is 7.73. The number of ether oxygens (including phenoxy) is 1. The summed E-state index contributed by atoms with van der Waals surface area (Å²) in [5.41, 5.74) is 1.04. The minimum absolute atomic E-state index is 0.231. The predicted molar refractivity (Wildman–Crippen MR) is 96.2 cm³/mol. The molecule has 2 rings (SSSR count). The topological polar surface area (TPSA) is 43.4 Å². The zero-order chi connectivity index (χ0) is 17.6. The van der Waals surface area contributed by atoms with E-state index in [1.165, 1.54) is 6.92 Å². The van der Waals surface area contributed by atoms with E-state index in [0.717, 1.165) is 11.1 Å². The monoisotopic (exact) mass is 322 g/mol. The predicted octanol–water partition coefficient (Wildman–Crippen LogP) is 4.39. The van der Waals surface area contributed by atoms with Crippen molar-refractivity contribution in [2.75, 3.05) is 6.61 Å². The Kier molecular flexibility index (Phi) is 5.69. The fraction of sp³-hybridized carbons (Fsp3) is 0.238. The molecule has 1 atom stereocenters. The van der Waals surface area contributed by atoms with E-state index < -0.39 is 11.4 Å². The van der Waals surface area contributed by atoms with Gasteiger partial charge in [0.1, 0.15) is 5.41 Å². The lowest BCUT2D eigenvalue weighted by molar-refractivity contribution is -0.154. The Morgan fingerprint density at radius 1 is 1.00 bits per heavy atom. The van der Waals surface area contributed by atoms with Gasteiger partial charge in [-0.3, -0.25) is 9.59 Å². The molecule has 2 aromatic carbocycles. The maximum atomic E-state index is 12.6. The minimum Gasteiger partial charge on any atom is -0.465 e. The van der Waals surface area contributed by atoms with Gasteiger partial charge in [0, 0.05) is 0 Å². The summed E-state index contributed by atoms with van der Waals surface area (Å²) in [6, 6.07) is 19.1. The van der Waals surface area contributed by atoms with Gasteiger partial charge in [0.05, 0.1) is 6.61 Å². The molecule has 124 valence electrons. The molecule has 3 nitrogen and oxygen atoms in total. The first-order valence-electron chi connectivity index (χ1n) is 8.01. The second-order valence-electron chi connectivity index (χ2n) is 5.74. The van der Waals surface area contributed by atoms with E-state index in [-0.39, 0.29) is 12.4 Å². The molecule has 0 aliphatic heterocycles. The van der Waals surface area contributed by atoms with Crippen molar-refractivity contribution in [1.82, 2.24) is 0 Å². The van der Waals surface area contributed by atoms with E-state index in [2.05, 4.69) is 0 Å². The summed E-state index contributed by atoms with van der Waals surface area (Å²) in [4.78, 5) is 25.1. The molecular weight excluding hydrogens is 300 g/mol. The zero-order valence-electron chi connectivity index (χ0n) is 14.3. The highest BCUT2D eigenvalue weighted by molar-refractivity contribution is 6.16. The van der Waals surface area contributed by atoms with Crippen LogP contribution in [0.15, 0.2) is 60.7 Å². The number of carbonyl (C=O) groups excluding carboxylic acids is 2. The molecule has 0 aromatic heterocycles. The molecule has 1 unspecified atom stereocenters. The fourth-order valence-corrected chi connectivity index (χ4v) is 2.57. The third-order valence-electron chi connectivity index (χ3n) is 4.12. The van der Waals surface area contributed by atoms with Gasteiger partial charge in [-0.2, -0.15) is 0 Å². The molecule has 0 spiro atoms. The Hall–Kier alpha value is -2.68. The van der Waals surface area contributed by atoms with Crippen molar-refractivity contribution in [1.29, 1.82) is 0 Å². The molecule has 24 heavy (non-hydrogen) atoms. The summed E-state index contributed by atoms with van der Waals surface area (Å²) in [7, 11) is 0. The van der Waals surface area contributed by atoms with E-state index in [0.29, 0.717) is 5.57 Å². The lowest BCUT2D eigenvalue weighted by atomic mass is 9.74. The van der Waals surface area contributed by atoms with Crippen LogP contribution < -0.4 is 0 Å². The minimum atomic E-state index is -1.35. The number of rotatable bonds is 6. The van der Waals surface area contributed by atoms with Gasteiger partial charge in [-0.15, -0.1) is 0 Å². The number of esters is 1. The summed E-state index contributed by atoms with van der Waals surface area (Å²) in [6.45, 7) is 5.03. The van der Waals surface area contributed by atoms with Crippen LogP contribution in [0.5, 0.6) is 0 Å². The Morgan fingerprint density at radius 3 is 2.04 bits per heavy atom. The third-order valence-corrected chi connectivity index (χ3v) is 4.12. The van der Waals surface area contributed by atoms with E-state index >= 15 is 0 Å². The van der Waals surface area contributed by atoms with Gasteiger partial charge < -0.3 is 4.74 Å². The first kappa shape index (κ1) is 17.7. The van der Waals surface area contributed by atoms with Gasteiger partial charge in [0.15, 0.2) is 5.78 Å². The molecule has 0 saturated heterocycles. The number of ketones is 1. The van der Waals surface area contributed by atoms with Crippen LogP contribution in [0.25, 0.3) is 11.6 Å². The average Bonchev–Trinajstić information content (AvgIpc) is 2.60. The molecule has 3 heteroatoms. The van der Waals surface area contributed by atoms with Crippen molar-refractivity contribution in [3.8, 4) is 0 Å². The first-order chi connectivity index (χ1) is 11.5. The van der Waals surface area contributed by atoms with E-state index in [4.69, 9.17) is 4.74 Å². The van der Waals surface area contributed by atoms with Gasteiger partial charge in [-0.05, 0) is 43.5 Å². The first-order valence-corrected chi connectivity index (χ1v) is 8.01. The summed E-state index contributed by atoms with van der Waals surface area (Å²) < 4.78 is 5.21. The molecule has 2 aromatic rings. The highest BCUT2D eigenvalue weighted by Gasteiger charge is 2.44. The van der Waals surface area contributed by atoms with Gasteiger partial charge in [0.25, 0.3) is 0 Å². The molecular formula is C21H22O3. The van der Waals surface area contributed by atoms with Crippen LogP contribution >= 0.6 is 0 Å². The molecule has 0 amide bonds. The van der Waals surface area contributed by atoms with Crippen LogP contribution in [-0.4, -0.2) is 18.4 Å². The highest BCUT2D eigenvalue weighted by atomic mass is 16.5. The number of hydrogen-bond donors (Lipinski definition) is 0. The van der Waals surface area contributed by atoms with Gasteiger partial charge >= 0.3 is 5.97 Å². The van der Waals surface area contributed by atoms with E-state index in [9.17, 15) is 9.59 Å².